The van der Waals surface area contributed by atoms with Gasteiger partial charge in [0.2, 0.25) is 5.91 Å². The molecule has 2 amide bonds. The lowest BCUT2D eigenvalue weighted by Crippen LogP contribution is -2.36. The molecular formula is C29H37N3O5. The summed E-state index contributed by atoms with van der Waals surface area (Å²) in [6, 6.07) is 10.0. The van der Waals surface area contributed by atoms with E-state index in [0.717, 1.165) is 76.3 Å². The van der Waals surface area contributed by atoms with Gasteiger partial charge in [-0.3, -0.25) is 4.79 Å². The molecule has 1 aliphatic carbocycles. The zero-order valence-electron chi connectivity index (χ0n) is 21.9. The minimum atomic E-state index is -0.243. The van der Waals surface area contributed by atoms with Crippen molar-refractivity contribution in [2.75, 3.05) is 53.5 Å². The largest absolute Gasteiger partial charge is 0.493 e. The fourth-order valence-electron chi connectivity index (χ4n) is 5.64. The molecule has 0 bridgehead atoms. The van der Waals surface area contributed by atoms with Crippen molar-refractivity contribution in [1.29, 1.82) is 0 Å². The number of rotatable bonds is 8. The number of amides is 2. The van der Waals surface area contributed by atoms with E-state index in [1.165, 1.54) is 22.3 Å². The van der Waals surface area contributed by atoms with Crippen molar-refractivity contribution in [2.45, 2.75) is 44.4 Å². The fourth-order valence-corrected chi connectivity index (χ4v) is 5.64. The van der Waals surface area contributed by atoms with Gasteiger partial charge in [-0.15, -0.1) is 0 Å². The minimum Gasteiger partial charge on any atom is -0.493 e. The Morgan fingerprint density at radius 1 is 0.892 bits per heavy atom. The van der Waals surface area contributed by atoms with Crippen LogP contribution in [0.15, 0.2) is 30.3 Å². The molecule has 2 heterocycles. The highest BCUT2D eigenvalue weighted by Gasteiger charge is 2.27. The Morgan fingerprint density at radius 2 is 1.57 bits per heavy atom. The first kappa shape index (κ1) is 25.4. The first-order valence-electron chi connectivity index (χ1n) is 13.4. The minimum absolute atomic E-state index is 0.192. The normalized spacial score (nSPS) is 18.4. The van der Waals surface area contributed by atoms with E-state index in [4.69, 9.17) is 14.2 Å². The molecule has 0 aromatic heterocycles. The Bertz CT molecular complexity index is 1110. The Balaban J connectivity index is 1.04. The highest BCUT2D eigenvalue weighted by atomic mass is 16.6. The lowest BCUT2D eigenvalue weighted by atomic mass is 9.77. The van der Waals surface area contributed by atoms with Crippen molar-refractivity contribution in [3.63, 3.8) is 0 Å². The van der Waals surface area contributed by atoms with Gasteiger partial charge in [0, 0.05) is 51.6 Å². The van der Waals surface area contributed by atoms with Gasteiger partial charge < -0.3 is 29.3 Å². The van der Waals surface area contributed by atoms with Crippen LogP contribution in [0.1, 0.15) is 47.4 Å². The maximum Gasteiger partial charge on any atom is 0.415 e. The van der Waals surface area contributed by atoms with Crippen molar-refractivity contribution in [1.82, 2.24) is 15.1 Å². The van der Waals surface area contributed by atoms with Crippen LogP contribution in [-0.4, -0.2) is 75.3 Å². The van der Waals surface area contributed by atoms with E-state index in [-0.39, 0.29) is 12.0 Å². The Labute approximate surface area is 218 Å². The van der Waals surface area contributed by atoms with Crippen LogP contribution >= 0.6 is 0 Å². The van der Waals surface area contributed by atoms with Crippen molar-refractivity contribution >= 4 is 12.0 Å². The molecular weight excluding hydrogens is 470 g/mol. The van der Waals surface area contributed by atoms with Crippen molar-refractivity contribution in [3.05, 3.63) is 52.6 Å². The number of hydrogen-bond acceptors (Lipinski definition) is 6. The smallest absolute Gasteiger partial charge is 0.415 e. The monoisotopic (exact) mass is 507 g/mol. The van der Waals surface area contributed by atoms with E-state index in [0.29, 0.717) is 24.6 Å². The lowest BCUT2D eigenvalue weighted by molar-refractivity contribution is -0.131. The maximum atomic E-state index is 12.9. The Morgan fingerprint density at radius 3 is 2.19 bits per heavy atom. The van der Waals surface area contributed by atoms with E-state index < -0.39 is 0 Å². The number of benzene rings is 2. The molecule has 1 saturated heterocycles. The van der Waals surface area contributed by atoms with Crippen LogP contribution in [0, 0.1) is 0 Å². The van der Waals surface area contributed by atoms with Gasteiger partial charge in [-0.1, -0.05) is 6.07 Å². The van der Waals surface area contributed by atoms with Crippen LogP contribution < -0.4 is 19.5 Å². The van der Waals surface area contributed by atoms with Gasteiger partial charge in [-0.25, -0.2) is 4.79 Å². The number of fused-ring (bicyclic) bond motifs is 2. The van der Waals surface area contributed by atoms with Gasteiger partial charge in [-0.2, -0.15) is 0 Å². The summed E-state index contributed by atoms with van der Waals surface area (Å²) in [5.41, 5.74) is 5.00. The fraction of sp³-hybridized carbons (Fsp3) is 0.517. The number of methoxy groups -OCH3 is 2. The van der Waals surface area contributed by atoms with Gasteiger partial charge >= 0.3 is 6.09 Å². The summed E-state index contributed by atoms with van der Waals surface area (Å²) in [5.74, 6) is 2.73. The number of likely N-dealkylation sites (tertiary alicyclic amines) is 1. The van der Waals surface area contributed by atoms with Crippen LogP contribution in [0.5, 0.6) is 17.2 Å². The quantitative estimate of drug-likeness (QED) is 0.551. The SMILES string of the molecule is COc1cc2c(cc1OC)CCN(C(=O)CCNCC1Cc3cc(OC(=O)N4CCCC4)ccc31)CC2. The predicted octanol–water partition coefficient (Wildman–Crippen LogP) is 3.55. The standard InChI is InChI=1S/C29H37N3O5/c1-35-26-17-20-8-13-31(14-9-21(20)18-27(26)36-2)28(33)7-10-30-19-23-15-22-16-24(5-6-25(22)23)37-29(34)32-11-3-4-12-32/h5-6,16-18,23,30H,3-4,7-15,19H2,1-2H3. The molecule has 5 rings (SSSR count). The predicted molar refractivity (Wildman–Crippen MR) is 141 cm³/mol. The Hall–Kier alpha value is -3.26. The van der Waals surface area contributed by atoms with Crippen molar-refractivity contribution in [3.8, 4) is 17.2 Å². The second kappa shape index (κ2) is 11.4. The highest BCUT2D eigenvalue weighted by Crippen LogP contribution is 2.37. The van der Waals surface area contributed by atoms with E-state index in [1.54, 1.807) is 19.1 Å². The van der Waals surface area contributed by atoms with Crippen LogP contribution in [-0.2, 0) is 24.1 Å². The molecule has 2 aliphatic heterocycles. The molecule has 0 radical (unpaired) electrons. The molecule has 0 spiro atoms. The summed E-state index contributed by atoms with van der Waals surface area (Å²) in [6.45, 7) is 4.54. The first-order chi connectivity index (χ1) is 18.1. The first-order valence-corrected chi connectivity index (χ1v) is 13.4. The van der Waals surface area contributed by atoms with Gasteiger partial charge in [0.1, 0.15) is 5.75 Å². The summed E-state index contributed by atoms with van der Waals surface area (Å²) in [6.07, 6.45) is 4.96. The van der Waals surface area contributed by atoms with Crippen LogP contribution in [0.3, 0.4) is 0 Å². The second-order valence-electron chi connectivity index (χ2n) is 10.1. The van der Waals surface area contributed by atoms with E-state index in [1.807, 2.05) is 29.2 Å². The van der Waals surface area contributed by atoms with Gasteiger partial charge in [0.25, 0.3) is 0 Å². The van der Waals surface area contributed by atoms with Crippen LogP contribution in [0.2, 0.25) is 0 Å². The molecule has 37 heavy (non-hydrogen) atoms. The summed E-state index contributed by atoms with van der Waals surface area (Å²) in [5, 5.41) is 3.47. The van der Waals surface area contributed by atoms with Crippen LogP contribution in [0.25, 0.3) is 0 Å². The van der Waals surface area contributed by atoms with Gasteiger partial charge in [0.15, 0.2) is 11.5 Å². The number of ether oxygens (including phenoxy) is 3. The molecule has 2 aromatic rings. The van der Waals surface area contributed by atoms with Gasteiger partial charge in [-0.05, 0) is 78.6 Å². The molecule has 3 aliphatic rings. The molecule has 1 N–H and O–H groups in total. The van der Waals surface area contributed by atoms with E-state index >= 15 is 0 Å². The number of carbonyl (C=O) groups excluding carboxylic acids is 2. The Kier molecular flexibility index (Phi) is 7.84. The number of hydrogen-bond donors (Lipinski definition) is 1. The molecule has 198 valence electrons. The zero-order chi connectivity index (χ0) is 25.8. The topological polar surface area (TPSA) is 80.3 Å². The van der Waals surface area contributed by atoms with Crippen molar-refractivity contribution < 1.29 is 23.8 Å². The lowest BCUT2D eigenvalue weighted by Gasteiger charge is -2.31. The van der Waals surface area contributed by atoms with Crippen molar-refractivity contribution in [2.24, 2.45) is 0 Å². The molecule has 1 unspecified atom stereocenters. The summed E-state index contributed by atoms with van der Waals surface area (Å²) >= 11 is 0. The second-order valence-corrected chi connectivity index (χ2v) is 10.1. The molecule has 1 atom stereocenters. The zero-order valence-corrected chi connectivity index (χ0v) is 21.9. The molecule has 8 nitrogen and oxygen atoms in total. The van der Waals surface area contributed by atoms with E-state index in [2.05, 4.69) is 11.4 Å². The summed E-state index contributed by atoms with van der Waals surface area (Å²) < 4.78 is 16.4. The average molecular weight is 508 g/mol. The van der Waals surface area contributed by atoms with Gasteiger partial charge in [0.05, 0.1) is 14.2 Å². The molecule has 2 aromatic carbocycles. The number of nitrogens with one attached hydrogen (secondary N) is 1. The third-order valence-electron chi connectivity index (χ3n) is 7.86. The highest BCUT2D eigenvalue weighted by molar-refractivity contribution is 5.76. The number of carbonyl (C=O) groups is 2. The average Bonchev–Trinajstić information content (AvgIpc) is 3.36. The third-order valence-corrected chi connectivity index (χ3v) is 7.86. The molecule has 1 fully saturated rings. The third kappa shape index (κ3) is 5.69. The number of nitrogens with zero attached hydrogens (tertiary/aromatic N) is 2. The summed E-state index contributed by atoms with van der Waals surface area (Å²) in [4.78, 5) is 28.9. The summed E-state index contributed by atoms with van der Waals surface area (Å²) in [7, 11) is 3.30. The molecule has 0 saturated carbocycles. The van der Waals surface area contributed by atoms with Crippen LogP contribution in [0.4, 0.5) is 4.79 Å². The molecule has 8 heteroatoms. The van der Waals surface area contributed by atoms with E-state index in [9.17, 15) is 9.59 Å². The maximum absolute atomic E-state index is 12.9.